The van der Waals surface area contributed by atoms with Gasteiger partial charge >= 0.3 is 0 Å². The van der Waals surface area contributed by atoms with Crippen molar-refractivity contribution in [2.45, 2.75) is 76.7 Å². The molecule has 2 aromatic carbocycles. The number of ether oxygens (including phenoxy) is 2. The summed E-state index contributed by atoms with van der Waals surface area (Å²) in [5.74, 6) is 0.144. The van der Waals surface area contributed by atoms with Gasteiger partial charge in [0.25, 0.3) is 6.04 Å². The lowest BCUT2D eigenvalue weighted by Crippen LogP contribution is -2.52. The quantitative estimate of drug-likeness (QED) is 0.183. The molecular weight excluding hydrogens is 815 g/mol. The van der Waals surface area contributed by atoms with E-state index in [1.165, 1.54) is 12.1 Å². The van der Waals surface area contributed by atoms with Crippen molar-refractivity contribution in [2.75, 3.05) is 62.4 Å². The molecule has 14 heteroatoms. The number of morpholine rings is 2. The van der Waals surface area contributed by atoms with Gasteiger partial charge in [-0.15, -0.1) is 0 Å². The van der Waals surface area contributed by atoms with Crippen molar-refractivity contribution >= 4 is 23.5 Å². The minimum Gasteiger partial charge on any atom is -0.378 e. The number of hydrogen-bond acceptors (Lipinski definition) is 10. The van der Waals surface area contributed by atoms with E-state index in [-0.39, 0.29) is 52.6 Å². The van der Waals surface area contributed by atoms with Crippen molar-refractivity contribution in [3.8, 4) is 22.5 Å². The topological polar surface area (TPSA) is 119 Å². The molecule has 10 rings (SSSR count). The van der Waals surface area contributed by atoms with Crippen molar-refractivity contribution in [3.05, 3.63) is 117 Å². The summed E-state index contributed by atoms with van der Waals surface area (Å²) in [4.78, 5) is 56.7. The first kappa shape index (κ1) is 15.0. The second-order valence-electron chi connectivity index (χ2n) is 18.4. The second kappa shape index (κ2) is 17.2. The van der Waals surface area contributed by atoms with Gasteiger partial charge in [0.1, 0.15) is 11.6 Å². The molecule has 6 aliphatic rings. The fourth-order valence-corrected chi connectivity index (χ4v) is 11.4. The summed E-state index contributed by atoms with van der Waals surface area (Å²) in [5.41, 5.74) is 4.88. The van der Waals surface area contributed by atoms with Crippen molar-refractivity contribution in [1.82, 2.24) is 19.9 Å². The molecule has 4 aliphatic carbocycles. The van der Waals surface area contributed by atoms with Crippen LogP contribution in [-0.4, -0.2) is 90.2 Å². The number of carbonyl (C=O) groups is 2. The normalized spacial score (nSPS) is 34.2. The molecule has 7 atom stereocenters. The molecule has 422 valence electrons. The summed E-state index contributed by atoms with van der Waals surface area (Å²) in [7, 11) is 0. The molecule has 0 N–H and O–H groups in total. The van der Waals surface area contributed by atoms with Gasteiger partial charge in [-0.3, -0.25) is 4.79 Å². The summed E-state index contributed by atoms with van der Waals surface area (Å²) in [6, 6.07) is 12.8. The number of rotatable bonds is 4. The lowest BCUT2D eigenvalue weighted by atomic mass is 9.55. The van der Waals surface area contributed by atoms with Gasteiger partial charge in [0, 0.05) is 214 Å². The van der Waals surface area contributed by atoms with Gasteiger partial charge < -0.3 is 28.9 Å². The third kappa shape index (κ3) is 7.34. The first-order valence-electron chi connectivity index (χ1n) is 68.4. The fraction of sp³-hybridized carbons (Fsp3) is 0.480. The minimum atomic E-state index is -0.657. The number of benzene rings is 2. The van der Waals surface area contributed by atoms with Gasteiger partial charge in [0.15, 0.2) is 5.78 Å². The first-order chi connectivity index (χ1) is 76.9. The van der Waals surface area contributed by atoms with Gasteiger partial charge in [-0.05, 0) is 61.8 Å². The van der Waals surface area contributed by atoms with Crippen molar-refractivity contribution < 1.29 is 164 Å². The Morgan fingerprint density at radius 2 is 1.23 bits per heavy atom. The maximum absolute atomic E-state index is 14.9. The molecule has 64 heavy (non-hydrogen) atoms. The Balaban J connectivity index is -0.0000000288. The van der Waals surface area contributed by atoms with Crippen LogP contribution in [0.25, 0.3) is 32.2 Å². The molecule has 1 unspecified atom stereocenters. The van der Waals surface area contributed by atoms with Crippen LogP contribution in [0.3, 0.4) is 0 Å². The van der Waals surface area contributed by atoms with Crippen LogP contribution in [0.5, 0.6) is 0 Å². The second-order valence-corrected chi connectivity index (χ2v) is 18.4. The highest BCUT2D eigenvalue weighted by atomic mass is 19.1. The monoisotopic (exact) mass is 1140 g/mol. The number of allylic oxidation sites excluding steroid dienone is 2. The molecule has 0 radical (unpaired) electrons. The van der Waals surface area contributed by atoms with E-state index in [0.29, 0.717) is 106 Å². The Morgan fingerprint density at radius 1 is 0.734 bits per heavy atom. The third-order valence-corrected chi connectivity index (χ3v) is 14.9. The predicted octanol–water partition coefficient (Wildman–Crippen LogP) is 19.1. The number of ketones is 2. The van der Waals surface area contributed by atoms with E-state index in [0.717, 1.165) is 35.4 Å². The van der Waals surface area contributed by atoms with Crippen LogP contribution in [0.4, 0.5) is 20.7 Å². The highest BCUT2D eigenvalue weighted by Gasteiger charge is 2.56. The van der Waals surface area contributed by atoms with Crippen LogP contribution >= 0.6 is 0 Å². The number of Topliss-reactive ketones (excluding diaryl/α,β-unsaturated/α-hetero) is 2. The summed E-state index contributed by atoms with van der Waals surface area (Å²) in [6.45, 7) is 28.2. The number of hydrogen-bond donors (Lipinski definition) is 0. The lowest BCUT2D eigenvalue weighted by molar-refractivity contribution is -0.129. The summed E-state index contributed by atoms with van der Waals surface area (Å²) in [6.07, 6.45) is 5.19. The SMILES string of the molecule is [3H][3H].[3H][3H].[3H][3H].[3H][3H].[3H][3H].[3H][3H].[3H][3H].[3H][3H].[3H][3H].[3H][3H].[3H][3H].[3H][3H].[3H][3H].[3H][3H].[3H][3H].[3H][3H].[3H][3H].[3H][3H].[3H][3H].[3H][3H].[3H][3H].[3H][3H].[3H][3H].[3H][3H].[3H][3H].[3H][3H].[3H][3H].[3H][3H].[3H][3H].[3H][3H].[3H][3H].[3H][3H].[3H][3H].[3H][3H].[3H][3H].[3H][3H].[3H][3H].[3H][3H].[3H][3H].[3H][3H].[3H][3H].[3H][3H].[3H][3H].[3H][3H].[3H][3H].[3H][3H].[C-]#[N+]C1=C[C@@]2(C)c3nc(N4CCOCC4)nc(-c4ccccc4F)c3CC[C@@H]2[C@@H](C)C1=O.[C-]#[N+]C1C[C@@]2(C)c3nc(N4CCOCC4)nc(-c4ccccc4F)c3CC[C@@H]2[C@@H](C)C1=O. The molecule has 2 saturated heterocycles. The lowest BCUT2D eigenvalue weighted by Gasteiger charge is -2.48. The van der Waals surface area contributed by atoms with Crippen LogP contribution in [0, 0.1) is 48.5 Å². The fourth-order valence-electron chi connectivity index (χ4n) is 11.4. The highest BCUT2D eigenvalue weighted by Crippen LogP contribution is 2.54. The van der Waals surface area contributed by atoms with Crippen LogP contribution < -0.4 is 9.80 Å². The molecule has 0 bridgehead atoms. The average molecular weight is 1140 g/mol. The Morgan fingerprint density at radius 3 is 1.75 bits per heavy atom. The third-order valence-electron chi connectivity index (χ3n) is 14.9. The summed E-state index contributed by atoms with van der Waals surface area (Å²) >= 11 is 0. The number of nitrogens with zero attached hydrogens (tertiary/aromatic N) is 8. The molecule has 4 heterocycles. The minimum absolute atomic E-state index is 0.0360. The van der Waals surface area contributed by atoms with E-state index in [1.807, 2.05) is 26.0 Å². The summed E-state index contributed by atoms with van der Waals surface area (Å²) in [5, 5.41) is 0. The van der Waals surface area contributed by atoms with E-state index < -0.39 is 16.9 Å². The van der Waals surface area contributed by atoms with Gasteiger partial charge in [-0.25, -0.2) is 40.1 Å². The van der Waals surface area contributed by atoms with Gasteiger partial charge in [0.2, 0.25) is 23.4 Å². The van der Waals surface area contributed by atoms with Crippen molar-refractivity contribution in [1.29, 1.82) is 0 Å². The number of halogens is 2. The number of carbonyl (C=O) groups excluding carboxylic acids is 2. The zero-order valence-corrected chi connectivity index (χ0v) is 36.7. The average Bonchev–Trinajstić information content (AvgIpc) is 0.724. The van der Waals surface area contributed by atoms with Crippen LogP contribution in [0.1, 0.15) is 206 Å². The Labute approximate surface area is 514 Å². The zero-order chi connectivity index (χ0) is 137. The Kier molecular flexibility index (Phi) is 4.04. The largest absolute Gasteiger partial charge is 0.378 e. The predicted molar refractivity (Wildman–Crippen MR) is 335 cm³/mol. The van der Waals surface area contributed by atoms with Crippen molar-refractivity contribution in [2.24, 2.45) is 23.7 Å². The molecule has 1 saturated carbocycles. The molecule has 4 aromatic rings. The van der Waals surface area contributed by atoms with Crippen molar-refractivity contribution in [3.63, 3.8) is 0 Å². The molecule has 3 fully saturated rings. The van der Waals surface area contributed by atoms with Gasteiger partial charge in [-0.1, -0.05) is 58.0 Å². The van der Waals surface area contributed by atoms with Gasteiger partial charge in [-0.2, -0.15) is 0 Å². The molecule has 12 nitrogen and oxygen atoms in total. The molecule has 2 aromatic heterocycles. The van der Waals surface area contributed by atoms with E-state index in [4.69, 9.17) is 179 Å². The van der Waals surface area contributed by atoms with E-state index in [9.17, 15) is 18.4 Å². The van der Waals surface area contributed by atoms with Crippen LogP contribution in [-0.2, 0) is 42.7 Å². The van der Waals surface area contributed by atoms with E-state index >= 15 is 0 Å². The smallest absolute Gasteiger partial charge is 0.282 e. The molecular formula is C50H144F2N8O4. The molecule has 0 spiro atoms. The van der Waals surface area contributed by atoms with Crippen LogP contribution in [0.15, 0.2) is 60.3 Å². The number of aromatic nitrogens is 4. The van der Waals surface area contributed by atoms with E-state index in [1.54, 1.807) is 30.3 Å². The Hall–Kier alpha value is -5.96. The molecule has 0 amide bonds. The first-order valence-corrected chi connectivity index (χ1v) is 22.4. The Bertz CT molecular complexity index is 2780. The maximum Gasteiger partial charge on any atom is 0.282 e. The highest BCUT2D eigenvalue weighted by molar-refractivity contribution is 6.00. The maximum atomic E-state index is 14.9. The number of fused-ring (bicyclic) bond motifs is 6. The summed E-state index contributed by atoms with van der Waals surface area (Å²) < 4.78 is 501. The van der Waals surface area contributed by atoms with Gasteiger partial charge in [0.05, 0.1) is 55.8 Å². The van der Waals surface area contributed by atoms with E-state index in [2.05, 4.69) is 33.3 Å². The standard InChI is InChI=1S/C25H27FN4O2.C25H25FN4O2.46H2/c2*1-15-18-9-8-17-21(16-6-4-5-7-19(16)26)28-24(30-10-12-32-13-11-30)29-23(17)25(18,2)14-20(27-3)22(15)31;;;;;;;;;;;;;;;;;;;;;;;;;;;;;;;;;;;;;;;;;;;;;;/h4-7,15,18,20H,8-14H2,1-2H3;4-7,14-15,18H,8-13H2,1-2H3;46*1H/t15-,18-,20?,25-;15-,18-,25-;;;;;;;;;;;;;;;;;;;;;;;;;;;;;;;;;;;;;;;;;;;;;;/m11............................................../s1/i;;46*1+2T. The number of anilines is 2. The molecule has 2 aliphatic heterocycles. The zero-order valence-electron chi connectivity index (χ0n) is 129. The van der Waals surface area contributed by atoms with Crippen LogP contribution in [0.2, 0.25) is 0 Å².